The van der Waals surface area contributed by atoms with Gasteiger partial charge in [0.2, 0.25) is 4.77 Å². The molecular formula is C21H23F2N4OS+. The van der Waals surface area contributed by atoms with E-state index in [1.807, 2.05) is 11.6 Å². The first-order chi connectivity index (χ1) is 14.0. The highest BCUT2D eigenvalue weighted by molar-refractivity contribution is 7.71. The molecule has 1 aromatic heterocycles. The predicted molar refractivity (Wildman–Crippen MR) is 109 cm³/mol. The number of rotatable bonds is 9. The molecule has 0 fully saturated rings. The number of benzene rings is 2. The lowest BCUT2D eigenvalue weighted by molar-refractivity contribution is -0.917. The minimum absolute atomic E-state index is 0.202. The van der Waals surface area contributed by atoms with Crippen LogP contribution in [-0.2, 0) is 26.4 Å². The van der Waals surface area contributed by atoms with Crippen LogP contribution in [0, 0.1) is 16.4 Å². The van der Waals surface area contributed by atoms with E-state index in [2.05, 4.69) is 11.7 Å². The van der Waals surface area contributed by atoms with E-state index in [0.29, 0.717) is 36.1 Å². The fraction of sp³-hybridized carbons (Fsp3) is 0.238. The van der Waals surface area contributed by atoms with Gasteiger partial charge in [0.15, 0.2) is 12.5 Å². The second kappa shape index (κ2) is 9.58. The molecule has 8 heteroatoms. The number of nitrogens with zero attached hydrogens (tertiary/aromatic N) is 3. The molecule has 0 radical (unpaired) electrons. The number of halogens is 2. The van der Waals surface area contributed by atoms with Gasteiger partial charge in [-0.15, -0.1) is 11.7 Å². The molecule has 0 saturated heterocycles. The summed E-state index contributed by atoms with van der Waals surface area (Å²) in [5, 5.41) is 4.60. The summed E-state index contributed by atoms with van der Waals surface area (Å²) in [5.74, 6) is 0.649. The highest BCUT2D eigenvalue weighted by atomic mass is 32.1. The van der Waals surface area contributed by atoms with Gasteiger partial charge in [-0.2, -0.15) is 4.68 Å². The average molecular weight is 418 g/mol. The van der Waals surface area contributed by atoms with E-state index in [9.17, 15) is 8.78 Å². The largest absolute Gasteiger partial charge is 0.486 e. The Morgan fingerprint density at radius 1 is 1.10 bits per heavy atom. The van der Waals surface area contributed by atoms with E-state index >= 15 is 0 Å². The number of ether oxygens (including phenoxy) is 1. The molecule has 1 N–H and O–H groups in total. The van der Waals surface area contributed by atoms with Gasteiger partial charge in [-0.3, -0.25) is 4.57 Å². The molecule has 2 aromatic carbocycles. The Morgan fingerprint density at radius 2 is 1.72 bits per heavy atom. The monoisotopic (exact) mass is 417 g/mol. The lowest BCUT2D eigenvalue weighted by Crippen LogP contribution is -3.07. The molecule has 1 atom stereocenters. The van der Waals surface area contributed by atoms with E-state index in [1.165, 1.54) is 24.3 Å². The van der Waals surface area contributed by atoms with Gasteiger partial charge in [0, 0.05) is 12.1 Å². The zero-order chi connectivity index (χ0) is 20.8. The van der Waals surface area contributed by atoms with Crippen molar-refractivity contribution < 1.29 is 18.4 Å². The van der Waals surface area contributed by atoms with Crippen LogP contribution in [0.25, 0.3) is 0 Å². The minimum Gasteiger partial charge on any atom is -0.486 e. The first-order valence-electron chi connectivity index (χ1n) is 9.18. The van der Waals surface area contributed by atoms with Gasteiger partial charge in [-0.05, 0) is 48.6 Å². The Hall–Kier alpha value is -2.84. The van der Waals surface area contributed by atoms with Crippen molar-refractivity contribution in [3.8, 4) is 5.75 Å². The summed E-state index contributed by atoms with van der Waals surface area (Å²) in [6.45, 7) is 5.74. The molecule has 0 bridgehead atoms. The highest BCUT2D eigenvalue weighted by Gasteiger charge is 2.14. The number of nitrogens with one attached hydrogen (secondary N) is 1. The predicted octanol–water partition coefficient (Wildman–Crippen LogP) is 3.13. The van der Waals surface area contributed by atoms with Gasteiger partial charge in [-0.1, -0.05) is 18.2 Å². The third-order valence-electron chi connectivity index (χ3n) is 4.33. The topological polar surface area (TPSA) is 36.4 Å². The van der Waals surface area contributed by atoms with E-state index in [1.54, 1.807) is 35.0 Å². The first kappa shape index (κ1) is 20.9. The molecule has 3 rings (SSSR count). The minimum atomic E-state index is -0.316. The van der Waals surface area contributed by atoms with Crippen molar-refractivity contribution in [2.24, 2.45) is 0 Å². The molecule has 0 aliphatic rings. The standard InChI is InChI=1S/C21H22F2N4OS/c1-3-12-26-20(14-28-19-10-8-18(23)9-11-19)24-27(21(26)29)15-25(2)13-16-4-6-17(22)7-5-16/h3-11H,1,12-15H2,2H3/p+1. The summed E-state index contributed by atoms with van der Waals surface area (Å²) >= 11 is 5.57. The third-order valence-corrected chi connectivity index (χ3v) is 4.76. The van der Waals surface area contributed by atoms with Gasteiger partial charge < -0.3 is 9.64 Å². The number of hydrogen-bond donors (Lipinski definition) is 1. The number of aromatic nitrogens is 3. The van der Waals surface area contributed by atoms with E-state index < -0.39 is 0 Å². The van der Waals surface area contributed by atoms with E-state index in [4.69, 9.17) is 17.0 Å². The van der Waals surface area contributed by atoms with Crippen molar-refractivity contribution in [2.45, 2.75) is 26.4 Å². The Bertz CT molecular complexity index is 1010. The summed E-state index contributed by atoms with van der Waals surface area (Å²) in [4.78, 5) is 1.14. The Kier molecular flexibility index (Phi) is 6.90. The van der Waals surface area contributed by atoms with Gasteiger partial charge in [0.1, 0.15) is 30.5 Å². The highest BCUT2D eigenvalue weighted by Crippen LogP contribution is 2.13. The maximum atomic E-state index is 13.1. The van der Waals surface area contributed by atoms with Crippen molar-refractivity contribution in [3.63, 3.8) is 0 Å². The fourth-order valence-corrected chi connectivity index (χ4v) is 3.23. The smallest absolute Gasteiger partial charge is 0.203 e. The maximum Gasteiger partial charge on any atom is 0.203 e. The van der Waals surface area contributed by atoms with Gasteiger partial charge in [-0.25, -0.2) is 8.78 Å². The zero-order valence-electron chi connectivity index (χ0n) is 16.1. The van der Waals surface area contributed by atoms with Crippen LogP contribution in [0.3, 0.4) is 0 Å². The van der Waals surface area contributed by atoms with E-state index in [0.717, 1.165) is 10.5 Å². The molecule has 29 heavy (non-hydrogen) atoms. The Morgan fingerprint density at radius 3 is 2.34 bits per heavy atom. The van der Waals surface area contributed by atoms with Crippen molar-refractivity contribution in [1.29, 1.82) is 0 Å². The summed E-state index contributed by atoms with van der Waals surface area (Å²) in [6.07, 6.45) is 1.75. The SMILES string of the molecule is C=CCn1c(COc2ccc(F)cc2)nn(C[NH+](C)Cc2ccc(F)cc2)c1=S. The van der Waals surface area contributed by atoms with Crippen LogP contribution >= 0.6 is 12.2 Å². The molecule has 1 unspecified atom stereocenters. The molecule has 1 heterocycles. The van der Waals surface area contributed by atoms with Crippen molar-refractivity contribution in [2.75, 3.05) is 7.05 Å². The van der Waals surface area contributed by atoms with Gasteiger partial charge in [0.05, 0.1) is 7.05 Å². The molecule has 0 saturated carbocycles. The quantitative estimate of drug-likeness (QED) is 0.429. The van der Waals surface area contributed by atoms with Crippen LogP contribution in [0.1, 0.15) is 11.4 Å². The fourth-order valence-electron chi connectivity index (χ4n) is 2.95. The van der Waals surface area contributed by atoms with E-state index in [-0.39, 0.29) is 18.2 Å². The summed E-state index contributed by atoms with van der Waals surface area (Å²) < 4.78 is 36.0. The summed E-state index contributed by atoms with van der Waals surface area (Å²) in [7, 11) is 2.02. The second-order valence-corrected chi connectivity index (χ2v) is 7.12. The van der Waals surface area contributed by atoms with Crippen molar-refractivity contribution in [3.05, 3.63) is 89.0 Å². The Balaban J connectivity index is 1.72. The number of hydrogen-bond acceptors (Lipinski definition) is 3. The van der Waals surface area contributed by atoms with Crippen LogP contribution < -0.4 is 9.64 Å². The molecular weight excluding hydrogens is 394 g/mol. The van der Waals surface area contributed by atoms with Crippen LogP contribution in [0.2, 0.25) is 0 Å². The Labute approximate surface area is 173 Å². The molecule has 3 aromatic rings. The van der Waals surface area contributed by atoms with Crippen LogP contribution in [-0.4, -0.2) is 21.4 Å². The normalized spacial score (nSPS) is 12.0. The van der Waals surface area contributed by atoms with Gasteiger partial charge in [0.25, 0.3) is 0 Å². The van der Waals surface area contributed by atoms with Gasteiger partial charge >= 0.3 is 0 Å². The summed E-state index contributed by atoms with van der Waals surface area (Å²) in [6, 6.07) is 12.3. The molecule has 0 amide bonds. The molecule has 0 aliphatic heterocycles. The third kappa shape index (κ3) is 5.58. The van der Waals surface area contributed by atoms with Crippen LogP contribution in [0.15, 0.2) is 61.2 Å². The zero-order valence-corrected chi connectivity index (χ0v) is 17.0. The van der Waals surface area contributed by atoms with Crippen LogP contribution in [0.4, 0.5) is 8.78 Å². The molecule has 152 valence electrons. The number of allylic oxidation sites excluding steroid dienone is 1. The molecule has 0 spiro atoms. The summed E-state index contributed by atoms with van der Waals surface area (Å²) in [5.41, 5.74) is 1.03. The van der Waals surface area contributed by atoms with Crippen molar-refractivity contribution in [1.82, 2.24) is 14.3 Å². The lowest BCUT2D eigenvalue weighted by Gasteiger charge is -2.13. The maximum absolute atomic E-state index is 13.1. The molecule has 5 nitrogen and oxygen atoms in total. The average Bonchev–Trinajstić information content (AvgIpc) is 2.98. The first-order valence-corrected chi connectivity index (χ1v) is 9.58. The number of quaternary nitrogens is 1. The lowest BCUT2D eigenvalue weighted by atomic mass is 10.2. The van der Waals surface area contributed by atoms with Crippen molar-refractivity contribution >= 4 is 12.2 Å². The second-order valence-electron chi connectivity index (χ2n) is 6.76. The van der Waals surface area contributed by atoms with Crippen LogP contribution in [0.5, 0.6) is 5.75 Å². The molecule has 0 aliphatic carbocycles.